The van der Waals surface area contributed by atoms with E-state index in [0.717, 1.165) is 56.4 Å². The van der Waals surface area contributed by atoms with Gasteiger partial charge in [0.2, 0.25) is 0 Å². The second kappa shape index (κ2) is 12.9. The first kappa shape index (κ1) is 25.4. The average molecular weight is 541 g/mol. The lowest BCUT2D eigenvalue weighted by atomic mass is 9.74. The second-order valence-electron chi connectivity index (χ2n) is 7.53. The summed E-state index contributed by atoms with van der Waals surface area (Å²) < 4.78 is 24.7. The normalized spacial score (nSPS) is 15.6. The Bertz CT molecular complexity index is 824. The highest BCUT2D eigenvalue weighted by Crippen LogP contribution is 2.35. The van der Waals surface area contributed by atoms with Crippen LogP contribution in [0.15, 0.2) is 53.5 Å². The van der Waals surface area contributed by atoms with Gasteiger partial charge in [-0.25, -0.2) is 9.38 Å². The zero-order valence-corrected chi connectivity index (χ0v) is 20.7. The topological polar surface area (TPSA) is 54.9 Å². The number of rotatable bonds is 8. The molecule has 0 radical (unpaired) electrons. The van der Waals surface area contributed by atoms with Crippen LogP contribution in [0.3, 0.4) is 0 Å². The summed E-state index contributed by atoms with van der Waals surface area (Å²) in [5.74, 6) is 1.39. The molecule has 1 aliphatic heterocycles. The number of halogens is 2. The second-order valence-corrected chi connectivity index (χ2v) is 7.53. The van der Waals surface area contributed by atoms with Crippen LogP contribution in [0, 0.1) is 5.82 Å². The molecule has 0 amide bonds. The minimum Gasteiger partial charge on any atom is -0.494 e. The van der Waals surface area contributed by atoms with Gasteiger partial charge in [-0.1, -0.05) is 24.3 Å². The highest BCUT2D eigenvalue weighted by atomic mass is 127. The van der Waals surface area contributed by atoms with Gasteiger partial charge in [0, 0.05) is 31.7 Å². The largest absolute Gasteiger partial charge is 0.494 e. The smallest absolute Gasteiger partial charge is 0.191 e. The van der Waals surface area contributed by atoms with Gasteiger partial charge in [0.25, 0.3) is 0 Å². The monoisotopic (exact) mass is 541 g/mol. The van der Waals surface area contributed by atoms with Gasteiger partial charge in [0.05, 0.1) is 13.2 Å². The van der Waals surface area contributed by atoms with Crippen molar-refractivity contribution in [2.24, 2.45) is 4.99 Å². The van der Waals surface area contributed by atoms with Crippen LogP contribution in [0.4, 0.5) is 4.39 Å². The van der Waals surface area contributed by atoms with Gasteiger partial charge in [-0.3, -0.25) is 0 Å². The number of hydrogen-bond donors (Lipinski definition) is 2. The molecule has 0 saturated carbocycles. The Kier molecular flexibility index (Phi) is 10.5. The van der Waals surface area contributed by atoms with Crippen molar-refractivity contribution in [3.63, 3.8) is 0 Å². The van der Waals surface area contributed by atoms with Gasteiger partial charge in [0.1, 0.15) is 11.6 Å². The first-order valence-electron chi connectivity index (χ1n) is 10.7. The van der Waals surface area contributed by atoms with Crippen molar-refractivity contribution >= 4 is 29.9 Å². The summed E-state index contributed by atoms with van der Waals surface area (Å²) in [6.45, 7) is 8.10. The molecular formula is C24H33FIN3O2. The minimum atomic E-state index is -0.239. The fourth-order valence-electron chi connectivity index (χ4n) is 3.80. The first-order chi connectivity index (χ1) is 14.6. The molecule has 1 fully saturated rings. The first-order valence-corrected chi connectivity index (χ1v) is 10.7. The summed E-state index contributed by atoms with van der Waals surface area (Å²) in [5.41, 5.74) is 2.10. The molecule has 0 atom stereocenters. The van der Waals surface area contributed by atoms with E-state index in [9.17, 15) is 4.39 Å². The zero-order valence-electron chi connectivity index (χ0n) is 18.3. The lowest BCUT2D eigenvalue weighted by molar-refractivity contribution is 0.0513. The van der Waals surface area contributed by atoms with Crippen LogP contribution >= 0.6 is 24.0 Å². The van der Waals surface area contributed by atoms with E-state index in [1.54, 1.807) is 6.07 Å². The van der Waals surface area contributed by atoms with Crippen LogP contribution in [0.2, 0.25) is 0 Å². The van der Waals surface area contributed by atoms with E-state index >= 15 is 0 Å². The molecule has 5 nitrogen and oxygen atoms in total. The molecule has 0 unspecified atom stereocenters. The number of nitrogens with one attached hydrogen (secondary N) is 2. The Morgan fingerprint density at radius 3 is 2.48 bits per heavy atom. The van der Waals surface area contributed by atoms with Gasteiger partial charge in [-0.05, 0) is 62.1 Å². The lowest BCUT2D eigenvalue weighted by Crippen LogP contribution is -2.48. The Balaban J connectivity index is 0.00000341. The van der Waals surface area contributed by atoms with Gasteiger partial charge in [-0.2, -0.15) is 0 Å². The summed E-state index contributed by atoms with van der Waals surface area (Å²) in [6.07, 6.45) is 1.88. The predicted octanol–water partition coefficient (Wildman–Crippen LogP) is 4.65. The number of ether oxygens (including phenoxy) is 2. The molecule has 0 aliphatic carbocycles. The van der Waals surface area contributed by atoms with Crippen LogP contribution in [-0.2, 0) is 16.7 Å². The standard InChI is InChI=1S/C24H32FN3O2.HI/c1-3-26-23(27-17-19-6-5-7-21(25)16-19)28-18-24(12-14-29-15-13-24)20-8-10-22(11-9-20)30-4-2;/h5-11,16H,3-4,12-15,17-18H2,1-2H3,(H2,26,27,28);1H. The number of guanidine groups is 1. The highest BCUT2D eigenvalue weighted by molar-refractivity contribution is 14.0. The molecule has 0 spiro atoms. The van der Waals surface area contributed by atoms with Crippen LogP contribution in [0.1, 0.15) is 37.8 Å². The molecule has 1 saturated heterocycles. The molecule has 7 heteroatoms. The van der Waals surface area contributed by atoms with E-state index in [1.807, 2.05) is 32.0 Å². The van der Waals surface area contributed by atoms with E-state index in [4.69, 9.17) is 9.47 Å². The van der Waals surface area contributed by atoms with Gasteiger partial charge >= 0.3 is 0 Å². The van der Waals surface area contributed by atoms with Crippen LogP contribution in [0.25, 0.3) is 0 Å². The number of aliphatic imine (C=N–C) groups is 1. The van der Waals surface area contributed by atoms with Gasteiger partial charge in [0.15, 0.2) is 5.96 Å². The summed E-state index contributed by atoms with van der Waals surface area (Å²) in [5, 5.41) is 6.81. The quantitative estimate of drug-likeness (QED) is 0.291. The van der Waals surface area contributed by atoms with Crippen molar-refractivity contribution < 1.29 is 13.9 Å². The number of hydrogen-bond acceptors (Lipinski definition) is 3. The number of nitrogens with zero attached hydrogens (tertiary/aromatic N) is 1. The minimum absolute atomic E-state index is 0. The van der Waals surface area contributed by atoms with Gasteiger partial charge in [-0.15, -0.1) is 24.0 Å². The Morgan fingerprint density at radius 1 is 1.10 bits per heavy atom. The Labute approximate surface area is 201 Å². The van der Waals surface area contributed by atoms with E-state index in [-0.39, 0.29) is 35.2 Å². The van der Waals surface area contributed by atoms with Crippen molar-refractivity contribution in [3.8, 4) is 5.75 Å². The third-order valence-corrected chi connectivity index (χ3v) is 5.47. The molecule has 1 heterocycles. The molecule has 170 valence electrons. The predicted molar refractivity (Wildman–Crippen MR) is 134 cm³/mol. The van der Waals surface area contributed by atoms with Crippen molar-refractivity contribution in [1.82, 2.24) is 10.6 Å². The van der Waals surface area contributed by atoms with Crippen molar-refractivity contribution in [2.45, 2.75) is 38.6 Å². The van der Waals surface area contributed by atoms with E-state index in [2.05, 4.69) is 27.8 Å². The fraction of sp³-hybridized carbons (Fsp3) is 0.458. The molecule has 0 bridgehead atoms. The summed E-state index contributed by atoms with van der Waals surface area (Å²) >= 11 is 0. The third-order valence-electron chi connectivity index (χ3n) is 5.47. The zero-order chi connectivity index (χ0) is 21.2. The maximum atomic E-state index is 13.4. The maximum absolute atomic E-state index is 13.4. The molecule has 1 aliphatic rings. The molecular weight excluding hydrogens is 508 g/mol. The maximum Gasteiger partial charge on any atom is 0.191 e. The van der Waals surface area contributed by atoms with E-state index in [0.29, 0.717) is 13.2 Å². The van der Waals surface area contributed by atoms with Crippen molar-refractivity contribution in [1.29, 1.82) is 0 Å². The average Bonchev–Trinajstić information content (AvgIpc) is 2.77. The van der Waals surface area contributed by atoms with Crippen LogP contribution < -0.4 is 15.4 Å². The van der Waals surface area contributed by atoms with E-state index in [1.165, 1.54) is 17.7 Å². The summed E-state index contributed by atoms with van der Waals surface area (Å²) in [7, 11) is 0. The molecule has 31 heavy (non-hydrogen) atoms. The molecule has 2 aromatic rings. The van der Waals surface area contributed by atoms with Crippen molar-refractivity contribution in [2.75, 3.05) is 32.9 Å². The Morgan fingerprint density at radius 2 is 1.84 bits per heavy atom. The fourth-order valence-corrected chi connectivity index (χ4v) is 3.80. The Hall–Kier alpha value is -1.87. The van der Waals surface area contributed by atoms with Gasteiger partial charge < -0.3 is 20.1 Å². The lowest BCUT2D eigenvalue weighted by Gasteiger charge is -2.38. The molecule has 0 aromatic heterocycles. The summed E-state index contributed by atoms with van der Waals surface area (Å²) in [4.78, 5) is 4.65. The van der Waals surface area contributed by atoms with E-state index < -0.39 is 0 Å². The van der Waals surface area contributed by atoms with Crippen LogP contribution in [0.5, 0.6) is 5.75 Å². The van der Waals surface area contributed by atoms with Crippen molar-refractivity contribution in [3.05, 3.63) is 65.5 Å². The SMILES string of the molecule is CCNC(=NCc1cccc(F)c1)NCC1(c2ccc(OCC)cc2)CCOCC1.I. The molecule has 2 N–H and O–H groups in total. The van der Waals surface area contributed by atoms with Crippen LogP contribution in [-0.4, -0.2) is 38.9 Å². The third kappa shape index (κ3) is 7.35. The highest BCUT2D eigenvalue weighted by Gasteiger charge is 2.34. The summed E-state index contributed by atoms with van der Waals surface area (Å²) in [6, 6.07) is 15.0. The molecule has 3 rings (SSSR count). The number of benzene rings is 2. The molecule has 2 aromatic carbocycles.